The van der Waals surface area contributed by atoms with Crippen LogP contribution in [0.2, 0.25) is 0 Å². The molecule has 0 aliphatic carbocycles. The van der Waals surface area contributed by atoms with Crippen molar-refractivity contribution in [3.63, 3.8) is 0 Å². The van der Waals surface area contributed by atoms with E-state index < -0.39 is 0 Å². The summed E-state index contributed by atoms with van der Waals surface area (Å²) in [5.41, 5.74) is 2.54. The lowest BCUT2D eigenvalue weighted by Crippen LogP contribution is -2.13. The third-order valence-corrected chi connectivity index (χ3v) is 4.42. The fourth-order valence-corrected chi connectivity index (χ4v) is 3.20. The van der Waals surface area contributed by atoms with Crippen LogP contribution in [0.5, 0.6) is 11.5 Å². The number of hydrogen-bond donors (Lipinski definition) is 1. The zero-order valence-corrected chi connectivity index (χ0v) is 16.0. The summed E-state index contributed by atoms with van der Waals surface area (Å²) in [5.74, 6) is 0.979. The van der Waals surface area contributed by atoms with Crippen molar-refractivity contribution >= 4 is 33.5 Å². The molecule has 0 saturated carbocycles. The fraction of sp³-hybridized carbons (Fsp3) is 0.174. The Labute approximate surface area is 162 Å². The van der Waals surface area contributed by atoms with E-state index in [2.05, 4.69) is 5.32 Å². The molecule has 142 valence electrons. The molecule has 0 aliphatic heterocycles. The number of methoxy groups -OCH3 is 1. The first-order valence-electron chi connectivity index (χ1n) is 9.12. The van der Waals surface area contributed by atoms with E-state index in [0.29, 0.717) is 28.3 Å². The minimum absolute atomic E-state index is 0.0360. The van der Waals surface area contributed by atoms with Gasteiger partial charge in [0.15, 0.2) is 0 Å². The average molecular weight is 375 g/mol. The molecular formula is C23H21NO4. The minimum Gasteiger partial charge on any atom is -0.495 e. The number of benzene rings is 3. The molecule has 5 heteroatoms. The summed E-state index contributed by atoms with van der Waals surface area (Å²) in [6.45, 7) is 3.89. The molecular weight excluding hydrogens is 354 g/mol. The summed E-state index contributed by atoms with van der Waals surface area (Å²) in [4.78, 5) is 12.8. The first kappa shape index (κ1) is 17.9. The van der Waals surface area contributed by atoms with Crippen molar-refractivity contribution in [1.29, 1.82) is 0 Å². The lowest BCUT2D eigenvalue weighted by atomic mass is 10.1. The number of furan rings is 1. The van der Waals surface area contributed by atoms with Crippen molar-refractivity contribution in [2.75, 3.05) is 12.4 Å². The van der Waals surface area contributed by atoms with Crippen molar-refractivity contribution in [2.24, 2.45) is 0 Å². The van der Waals surface area contributed by atoms with Gasteiger partial charge in [-0.25, -0.2) is 0 Å². The van der Waals surface area contributed by atoms with Gasteiger partial charge in [0.1, 0.15) is 22.7 Å². The zero-order valence-electron chi connectivity index (χ0n) is 16.0. The quantitative estimate of drug-likeness (QED) is 0.491. The summed E-state index contributed by atoms with van der Waals surface area (Å²) < 4.78 is 17.1. The molecule has 0 bridgehead atoms. The molecule has 0 fully saturated rings. The molecule has 4 aromatic rings. The smallest absolute Gasteiger partial charge is 0.255 e. The highest BCUT2D eigenvalue weighted by Crippen LogP contribution is 2.36. The van der Waals surface area contributed by atoms with E-state index >= 15 is 0 Å². The van der Waals surface area contributed by atoms with Crippen LogP contribution in [-0.4, -0.2) is 19.1 Å². The van der Waals surface area contributed by atoms with E-state index in [1.54, 1.807) is 31.4 Å². The number of ether oxygens (including phenoxy) is 2. The Kier molecular flexibility index (Phi) is 4.65. The fourth-order valence-electron chi connectivity index (χ4n) is 3.20. The van der Waals surface area contributed by atoms with E-state index in [9.17, 15) is 4.79 Å². The van der Waals surface area contributed by atoms with Gasteiger partial charge < -0.3 is 19.2 Å². The van der Waals surface area contributed by atoms with Gasteiger partial charge in [-0.05, 0) is 44.2 Å². The van der Waals surface area contributed by atoms with E-state index in [4.69, 9.17) is 13.9 Å². The van der Waals surface area contributed by atoms with Crippen LogP contribution in [0.25, 0.3) is 21.9 Å². The molecule has 0 aliphatic rings. The molecule has 1 N–H and O–H groups in total. The van der Waals surface area contributed by atoms with Crippen LogP contribution < -0.4 is 14.8 Å². The molecule has 1 amide bonds. The van der Waals surface area contributed by atoms with E-state index in [-0.39, 0.29) is 12.0 Å². The van der Waals surface area contributed by atoms with Gasteiger partial charge in [-0.1, -0.05) is 24.3 Å². The second-order valence-corrected chi connectivity index (χ2v) is 6.80. The second-order valence-electron chi connectivity index (χ2n) is 6.80. The predicted octanol–water partition coefficient (Wildman–Crippen LogP) is 5.63. The summed E-state index contributed by atoms with van der Waals surface area (Å²) in [6.07, 6.45) is 0.0360. The first-order valence-corrected chi connectivity index (χ1v) is 9.12. The molecule has 1 aromatic heterocycles. The predicted molar refractivity (Wildman–Crippen MR) is 110 cm³/mol. The highest BCUT2D eigenvalue weighted by Gasteiger charge is 2.15. The third kappa shape index (κ3) is 3.39. The van der Waals surface area contributed by atoms with Gasteiger partial charge in [0, 0.05) is 22.4 Å². The van der Waals surface area contributed by atoms with Crippen LogP contribution in [-0.2, 0) is 0 Å². The van der Waals surface area contributed by atoms with Crippen LogP contribution in [0.4, 0.5) is 5.69 Å². The number of carbonyl (C=O) groups excluding carboxylic acids is 1. The Morgan fingerprint density at radius 3 is 2.57 bits per heavy atom. The van der Waals surface area contributed by atoms with Gasteiger partial charge in [0.05, 0.1) is 18.9 Å². The summed E-state index contributed by atoms with van der Waals surface area (Å²) in [5, 5.41) is 4.86. The monoisotopic (exact) mass is 375 g/mol. The Balaban J connectivity index is 1.69. The van der Waals surface area contributed by atoms with Crippen LogP contribution >= 0.6 is 0 Å². The number of para-hydroxylation sites is 1. The maximum atomic E-state index is 12.8. The minimum atomic E-state index is -0.247. The summed E-state index contributed by atoms with van der Waals surface area (Å²) in [7, 11) is 1.58. The van der Waals surface area contributed by atoms with Crippen molar-refractivity contribution < 1.29 is 18.7 Å². The lowest BCUT2D eigenvalue weighted by molar-refractivity contribution is 0.102. The molecule has 4 rings (SSSR count). The van der Waals surface area contributed by atoms with Gasteiger partial charge in [0.25, 0.3) is 5.91 Å². The van der Waals surface area contributed by atoms with E-state index in [1.807, 2.05) is 50.2 Å². The van der Waals surface area contributed by atoms with Crippen LogP contribution in [0.1, 0.15) is 24.2 Å². The Hall–Kier alpha value is -3.47. The van der Waals surface area contributed by atoms with Crippen LogP contribution in [0, 0.1) is 0 Å². The van der Waals surface area contributed by atoms with Crippen molar-refractivity contribution in [3.05, 3.63) is 66.2 Å². The molecule has 1 heterocycles. The number of carbonyl (C=O) groups is 1. The largest absolute Gasteiger partial charge is 0.495 e. The van der Waals surface area contributed by atoms with Gasteiger partial charge in [-0.3, -0.25) is 4.79 Å². The Bertz CT molecular complexity index is 1160. The third-order valence-electron chi connectivity index (χ3n) is 4.42. The Morgan fingerprint density at radius 2 is 1.79 bits per heavy atom. The molecule has 3 aromatic carbocycles. The molecule has 0 saturated heterocycles. The number of hydrogen-bond acceptors (Lipinski definition) is 4. The number of anilines is 1. The maximum Gasteiger partial charge on any atom is 0.255 e. The second kappa shape index (κ2) is 7.27. The van der Waals surface area contributed by atoms with E-state index in [0.717, 1.165) is 16.4 Å². The van der Waals surface area contributed by atoms with Crippen molar-refractivity contribution in [1.82, 2.24) is 0 Å². The maximum absolute atomic E-state index is 12.8. The SMILES string of the molecule is COc1cc2c(cc1NC(=O)c1cccc(OC(C)C)c1)oc1ccccc12. The topological polar surface area (TPSA) is 60.7 Å². The molecule has 5 nitrogen and oxygen atoms in total. The summed E-state index contributed by atoms with van der Waals surface area (Å²) in [6, 6.07) is 18.6. The Morgan fingerprint density at radius 1 is 0.964 bits per heavy atom. The number of nitrogens with one attached hydrogen (secondary N) is 1. The number of fused-ring (bicyclic) bond motifs is 3. The molecule has 0 radical (unpaired) electrons. The molecule has 28 heavy (non-hydrogen) atoms. The highest BCUT2D eigenvalue weighted by molar-refractivity contribution is 6.10. The van der Waals surface area contributed by atoms with Crippen molar-refractivity contribution in [3.8, 4) is 11.5 Å². The summed E-state index contributed by atoms with van der Waals surface area (Å²) >= 11 is 0. The van der Waals surface area contributed by atoms with Gasteiger partial charge in [-0.15, -0.1) is 0 Å². The van der Waals surface area contributed by atoms with Gasteiger partial charge in [-0.2, -0.15) is 0 Å². The average Bonchev–Trinajstić information content (AvgIpc) is 3.04. The standard InChI is InChI=1S/C23H21NO4/c1-14(2)27-16-8-6-7-15(11-16)23(25)24-19-13-21-18(12-22(19)26-3)17-9-4-5-10-20(17)28-21/h4-14H,1-3H3,(H,24,25). The lowest BCUT2D eigenvalue weighted by Gasteiger charge is -2.12. The highest BCUT2D eigenvalue weighted by atomic mass is 16.5. The van der Waals surface area contributed by atoms with Crippen LogP contribution in [0.15, 0.2) is 65.1 Å². The number of rotatable bonds is 5. The molecule has 0 atom stereocenters. The molecule has 0 unspecified atom stereocenters. The van der Waals surface area contributed by atoms with Crippen molar-refractivity contribution in [2.45, 2.75) is 20.0 Å². The van der Waals surface area contributed by atoms with Gasteiger partial charge >= 0.3 is 0 Å². The number of amides is 1. The zero-order chi connectivity index (χ0) is 19.7. The van der Waals surface area contributed by atoms with Crippen LogP contribution in [0.3, 0.4) is 0 Å². The van der Waals surface area contributed by atoms with Gasteiger partial charge in [0.2, 0.25) is 0 Å². The molecule has 0 spiro atoms. The van der Waals surface area contributed by atoms with E-state index in [1.165, 1.54) is 0 Å². The normalized spacial score (nSPS) is 11.1. The first-order chi connectivity index (χ1) is 13.5.